The number of fused-ring (bicyclic) bond motifs is 1. The van der Waals surface area contributed by atoms with Crippen molar-refractivity contribution in [2.24, 2.45) is 0 Å². The van der Waals surface area contributed by atoms with E-state index in [1.807, 2.05) is 10.7 Å². The second-order valence-corrected chi connectivity index (χ2v) is 3.73. The van der Waals surface area contributed by atoms with Gasteiger partial charge in [0.2, 0.25) is 0 Å². The first-order valence-electron chi connectivity index (χ1n) is 4.76. The second kappa shape index (κ2) is 3.38. The zero-order valence-corrected chi connectivity index (χ0v) is 8.03. The summed E-state index contributed by atoms with van der Waals surface area (Å²) in [6, 6.07) is 1.97. The van der Waals surface area contributed by atoms with Crippen molar-refractivity contribution < 1.29 is 0 Å². The van der Waals surface area contributed by atoms with Crippen LogP contribution in [0, 0.1) is 0 Å². The largest absolute Gasteiger partial charge is 0.382 e. The molecule has 2 heterocycles. The van der Waals surface area contributed by atoms with Crippen LogP contribution in [0.2, 0.25) is 0 Å². The van der Waals surface area contributed by atoms with Gasteiger partial charge >= 0.3 is 0 Å². The summed E-state index contributed by atoms with van der Waals surface area (Å²) in [5, 5.41) is 4.26. The van der Waals surface area contributed by atoms with Crippen molar-refractivity contribution in [1.29, 1.82) is 0 Å². The van der Waals surface area contributed by atoms with Crippen LogP contribution in [0.5, 0.6) is 0 Å². The zero-order valence-electron chi connectivity index (χ0n) is 8.03. The van der Waals surface area contributed by atoms with Gasteiger partial charge in [0.25, 0.3) is 0 Å². The van der Waals surface area contributed by atoms with Gasteiger partial charge < -0.3 is 10.6 Å². The first kappa shape index (κ1) is 8.56. The molecule has 0 fully saturated rings. The van der Waals surface area contributed by atoms with Gasteiger partial charge in [-0.3, -0.25) is 4.68 Å². The van der Waals surface area contributed by atoms with Gasteiger partial charge in [0.05, 0.1) is 5.69 Å². The minimum absolute atomic E-state index is 0.644. The topological polar surface area (TPSA) is 47.1 Å². The molecule has 0 bridgehead atoms. The lowest BCUT2D eigenvalue weighted by atomic mass is 10.2. The number of hydrogen-bond acceptors (Lipinski definition) is 3. The highest BCUT2D eigenvalue weighted by Crippen LogP contribution is 2.13. The summed E-state index contributed by atoms with van der Waals surface area (Å²) in [5.41, 5.74) is 6.89. The third kappa shape index (κ3) is 1.83. The first-order chi connectivity index (χ1) is 6.25. The smallest absolute Gasteiger partial charge is 0.145 e. The molecular weight excluding hydrogens is 164 g/mol. The van der Waals surface area contributed by atoms with E-state index in [9.17, 15) is 0 Å². The van der Waals surface area contributed by atoms with E-state index in [1.54, 1.807) is 0 Å². The Labute approximate surface area is 78.3 Å². The summed E-state index contributed by atoms with van der Waals surface area (Å²) in [5.74, 6) is 0.644. The fourth-order valence-electron chi connectivity index (χ4n) is 1.80. The SMILES string of the molecule is CN1CCCCn2nc(N)cc2C1. The molecule has 1 aliphatic rings. The van der Waals surface area contributed by atoms with E-state index in [0.717, 1.165) is 13.1 Å². The van der Waals surface area contributed by atoms with E-state index in [4.69, 9.17) is 5.73 Å². The van der Waals surface area contributed by atoms with Gasteiger partial charge in [-0.25, -0.2) is 0 Å². The summed E-state index contributed by atoms with van der Waals surface area (Å²) in [6.07, 6.45) is 2.44. The van der Waals surface area contributed by atoms with Crippen LogP contribution in [-0.4, -0.2) is 28.3 Å². The van der Waals surface area contributed by atoms with Crippen LogP contribution < -0.4 is 5.73 Å². The standard InChI is InChI=1S/C9H16N4/c1-12-4-2-3-5-13-8(7-12)6-9(10)11-13/h6H,2-5,7H2,1H3,(H2,10,11). The molecule has 0 radical (unpaired) electrons. The molecule has 4 nitrogen and oxygen atoms in total. The molecule has 0 spiro atoms. The predicted molar refractivity (Wildman–Crippen MR) is 52.2 cm³/mol. The number of nitrogens with zero attached hydrogens (tertiary/aromatic N) is 3. The fourth-order valence-corrected chi connectivity index (χ4v) is 1.80. The maximum absolute atomic E-state index is 5.66. The molecule has 0 unspecified atom stereocenters. The molecule has 1 aromatic heterocycles. The van der Waals surface area contributed by atoms with E-state index in [-0.39, 0.29) is 0 Å². The normalized spacial score (nSPS) is 19.2. The molecule has 4 heteroatoms. The van der Waals surface area contributed by atoms with Gasteiger partial charge in [-0.1, -0.05) is 0 Å². The molecule has 2 rings (SSSR count). The van der Waals surface area contributed by atoms with Crippen LogP contribution in [0.1, 0.15) is 18.5 Å². The Balaban J connectivity index is 2.24. The van der Waals surface area contributed by atoms with Crippen LogP contribution in [0.25, 0.3) is 0 Å². The minimum Gasteiger partial charge on any atom is -0.382 e. The number of aryl methyl sites for hydroxylation is 1. The molecule has 0 amide bonds. The van der Waals surface area contributed by atoms with Crippen molar-refractivity contribution in [3.8, 4) is 0 Å². The quantitative estimate of drug-likeness (QED) is 0.639. The lowest BCUT2D eigenvalue weighted by molar-refractivity contribution is 0.286. The molecule has 13 heavy (non-hydrogen) atoms. The number of aromatic nitrogens is 2. The van der Waals surface area contributed by atoms with Gasteiger partial charge in [-0.2, -0.15) is 5.10 Å². The highest BCUT2D eigenvalue weighted by molar-refractivity contribution is 5.29. The zero-order chi connectivity index (χ0) is 9.26. The van der Waals surface area contributed by atoms with Crippen LogP contribution in [-0.2, 0) is 13.1 Å². The minimum atomic E-state index is 0.644. The highest BCUT2D eigenvalue weighted by atomic mass is 15.3. The summed E-state index contributed by atoms with van der Waals surface area (Å²) in [4.78, 5) is 2.31. The van der Waals surface area contributed by atoms with E-state index in [0.29, 0.717) is 5.82 Å². The Bertz CT molecular complexity index is 292. The number of anilines is 1. The summed E-state index contributed by atoms with van der Waals surface area (Å²) in [6.45, 7) is 3.15. The Morgan fingerprint density at radius 2 is 2.15 bits per heavy atom. The summed E-state index contributed by atoms with van der Waals surface area (Å²) < 4.78 is 2.03. The van der Waals surface area contributed by atoms with Gasteiger partial charge in [-0.05, 0) is 26.4 Å². The molecule has 0 atom stereocenters. The monoisotopic (exact) mass is 180 g/mol. The molecular formula is C9H16N4. The molecule has 0 aromatic carbocycles. The maximum atomic E-state index is 5.66. The lowest BCUT2D eigenvalue weighted by Gasteiger charge is -2.20. The second-order valence-electron chi connectivity index (χ2n) is 3.73. The van der Waals surface area contributed by atoms with Crippen molar-refractivity contribution in [2.75, 3.05) is 19.3 Å². The average Bonchev–Trinajstić information content (AvgIpc) is 2.36. The first-order valence-corrected chi connectivity index (χ1v) is 4.76. The van der Waals surface area contributed by atoms with Crippen molar-refractivity contribution in [3.05, 3.63) is 11.8 Å². The molecule has 2 N–H and O–H groups in total. The third-order valence-corrected chi connectivity index (χ3v) is 2.47. The summed E-state index contributed by atoms with van der Waals surface area (Å²) >= 11 is 0. The number of nitrogens with two attached hydrogens (primary N) is 1. The van der Waals surface area contributed by atoms with E-state index < -0.39 is 0 Å². The molecule has 72 valence electrons. The molecule has 0 saturated heterocycles. The van der Waals surface area contributed by atoms with Crippen LogP contribution in [0.4, 0.5) is 5.82 Å². The Kier molecular flexibility index (Phi) is 2.22. The molecule has 1 aliphatic heterocycles. The lowest BCUT2D eigenvalue weighted by Crippen LogP contribution is -2.24. The van der Waals surface area contributed by atoms with Crippen LogP contribution in [0.15, 0.2) is 6.07 Å². The third-order valence-electron chi connectivity index (χ3n) is 2.47. The Morgan fingerprint density at radius 1 is 1.38 bits per heavy atom. The molecule has 0 aliphatic carbocycles. The average molecular weight is 180 g/mol. The van der Waals surface area contributed by atoms with Crippen molar-refractivity contribution in [3.63, 3.8) is 0 Å². The van der Waals surface area contributed by atoms with Crippen molar-refractivity contribution in [1.82, 2.24) is 14.7 Å². The Morgan fingerprint density at radius 3 is 3.00 bits per heavy atom. The van der Waals surface area contributed by atoms with Gasteiger partial charge in [0.15, 0.2) is 0 Å². The van der Waals surface area contributed by atoms with Gasteiger partial charge in [0.1, 0.15) is 5.82 Å². The molecule has 1 aromatic rings. The molecule has 0 saturated carbocycles. The van der Waals surface area contributed by atoms with Gasteiger partial charge in [0, 0.05) is 19.2 Å². The fraction of sp³-hybridized carbons (Fsp3) is 0.667. The summed E-state index contributed by atoms with van der Waals surface area (Å²) in [7, 11) is 2.14. The van der Waals surface area contributed by atoms with E-state index >= 15 is 0 Å². The van der Waals surface area contributed by atoms with Crippen molar-refractivity contribution in [2.45, 2.75) is 25.9 Å². The van der Waals surface area contributed by atoms with Gasteiger partial charge in [-0.15, -0.1) is 0 Å². The predicted octanol–water partition coefficient (Wildman–Crippen LogP) is 0.691. The number of hydrogen-bond donors (Lipinski definition) is 1. The Hall–Kier alpha value is -1.03. The maximum Gasteiger partial charge on any atom is 0.145 e. The highest BCUT2D eigenvalue weighted by Gasteiger charge is 2.11. The van der Waals surface area contributed by atoms with E-state index in [2.05, 4.69) is 17.0 Å². The van der Waals surface area contributed by atoms with E-state index in [1.165, 1.54) is 25.1 Å². The van der Waals surface area contributed by atoms with Crippen LogP contribution in [0.3, 0.4) is 0 Å². The van der Waals surface area contributed by atoms with Crippen LogP contribution >= 0.6 is 0 Å². The number of rotatable bonds is 0. The van der Waals surface area contributed by atoms with Crippen molar-refractivity contribution >= 4 is 5.82 Å². The number of nitrogen functional groups attached to an aromatic ring is 1.